The lowest BCUT2D eigenvalue weighted by atomic mass is 10.0. The summed E-state index contributed by atoms with van der Waals surface area (Å²) in [6.45, 7) is 2.78. The smallest absolute Gasteiger partial charge is 0.146 e. The van der Waals surface area contributed by atoms with Gasteiger partial charge in [0.05, 0.1) is 5.02 Å². The van der Waals surface area contributed by atoms with Crippen LogP contribution in [0.1, 0.15) is 18.4 Å². The number of benzene rings is 2. The first-order chi connectivity index (χ1) is 11.5. The molecule has 3 rings (SSSR count). The predicted molar refractivity (Wildman–Crippen MR) is 96.4 cm³/mol. The van der Waals surface area contributed by atoms with Crippen LogP contribution in [-0.4, -0.2) is 14.8 Å². The molecule has 0 aliphatic rings. The highest BCUT2D eigenvalue weighted by Crippen LogP contribution is 2.34. The second-order valence-corrected chi connectivity index (χ2v) is 6.63. The Bertz CT molecular complexity index is 837. The number of rotatable bonds is 5. The van der Waals surface area contributed by atoms with Gasteiger partial charge in [0.15, 0.2) is 0 Å². The largest absolute Gasteiger partial charge is 0.456 e. The van der Waals surface area contributed by atoms with Gasteiger partial charge in [0.25, 0.3) is 0 Å². The third-order valence-corrected chi connectivity index (χ3v) is 4.41. The molecule has 0 saturated carbocycles. The van der Waals surface area contributed by atoms with Crippen molar-refractivity contribution in [1.29, 1.82) is 0 Å². The summed E-state index contributed by atoms with van der Waals surface area (Å²) in [5.41, 5.74) is 1.02. The molecule has 1 heterocycles. The molecule has 0 aliphatic heterocycles. The van der Waals surface area contributed by atoms with Gasteiger partial charge in [-0.25, -0.2) is 4.98 Å². The first-order valence-electron chi connectivity index (χ1n) is 7.27. The van der Waals surface area contributed by atoms with E-state index in [0.717, 1.165) is 5.56 Å². The van der Waals surface area contributed by atoms with Crippen LogP contribution in [0.5, 0.6) is 11.5 Å². The molecule has 0 saturated heterocycles. The number of hydrogen-bond donors (Lipinski definition) is 0. The van der Waals surface area contributed by atoms with Crippen molar-refractivity contribution < 1.29 is 4.74 Å². The fourth-order valence-corrected chi connectivity index (χ4v) is 3.17. The minimum atomic E-state index is 0.187. The Hall–Kier alpha value is -1.75. The normalized spacial score (nSPS) is 12.2. The Labute approximate surface area is 154 Å². The molecule has 1 unspecified atom stereocenters. The Balaban J connectivity index is 1.76. The van der Waals surface area contributed by atoms with Crippen LogP contribution in [-0.2, 0) is 6.54 Å². The maximum atomic E-state index is 6.42. The maximum Gasteiger partial charge on any atom is 0.146 e. The SMILES string of the molecule is CC(Cn1cncn1)c1ccc(Oc2ccc(Cl)cc2Cl)cc1Cl. The molecule has 4 nitrogen and oxygen atoms in total. The molecule has 0 spiro atoms. The molecule has 24 heavy (non-hydrogen) atoms. The Kier molecular flexibility index (Phi) is 5.29. The molecule has 0 radical (unpaired) electrons. The van der Waals surface area contributed by atoms with Crippen molar-refractivity contribution in [2.45, 2.75) is 19.4 Å². The third-order valence-electron chi connectivity index (χ3n) is 3.55. The average Bonchev–Trinajstić information content (AvgIpc) is 3.03. The summed E-state index contributed by atoms with van der Waals surface area (Å²) in [5, 5.41) is 5.75. The molecular weight excluding hydrogens is 369 g/mol. The van der Waals surface area contributed by atoms with E-state index in [-0.39, 0.29) is 5.92 Å². The van der Waals surface area contributed by atoms with Gasteiger partial charge in [0.1, 0.15) is 24.2 Å². The number of ether oxygens (including phenoxy) is 1. The van der Waals surface area contributed by atoms with Gasteiger partial charge in [-0.1, -0.05) is 47.8 Å². The van der Waals surface area contributed by atoms with E-state index in [1.807, 2.05) is 12.1 Å². The summed E-state index contributed by atoms with van der Waals surface area (Å²) >= 11 is 18.4. The minimum Gasteiger partial charge on any atom is -0.456 e. The van der Waals surface area contributed by atoms with Crippen molar-refractivity contribution in [3.8, 4) is 11.5 Å². The average molecular weight is 383 g/mol. The van der Waals surface area contributed by atoms with Crippen LogP contribution in [0.3, 0.4) is 0 Å². The first-order valence-corrected chi connectivity index (χ1v) is 8.41. The molecule has 0 aliphatic carbocycles. The van der Waals surface area contributed by atoms with Gasteiger partial charge >= 0.3 is 0 Å². The van der Waals surface area contributed by atoms with Crippen LogP contribution >= 0.6 is 34.8 Å². The third kappa shape index (κ3) is 4.01. The summed E-state index contributed by atoms with van der Waals surface area (Å²) in [7, 11) is 0. The van der Waals surface area contributed by atoms with Gasteiger partial charge in [0, 0.05) is 22.5 Å². The van der Waals surface area contributed by atoms with E-state index < -0.39 is 0 Å². The molecule has 1 atom stereocenters. The predicted octanol–water partition coefficient (Wildman–Crippen LogP) is 5.83. The molecule has 1 aromatic heterocycles. The van der Waals surface area contributed by atoms with Crippen LogP contribution < -0.4 is 4.74 Å². The highest BCUT2D eigenvalue weighted by Gasteiger charge is 2.13. The zero-order valence-corrected chi connectivity index (χ0v) is 15.1. The van der Waals surface area contributed by atoms with Crippen LogP contribution in [0.4, 0.5) is 0 Å². The summed E-state index contributed by atoms with van der Waals surface area (Å²) in [4.78, 5) is 3.94. The molecule has 0 bridgehead atoms. The molecule has 3 aromatic rings. The summed E-state index contributed by atoms with van der Waals surface area (Å²) in [6, 6.07) is 10.7. The van der Waals surface area contributed by atoms with Crippen LogP contribution in [0.25, 0.3) is 0 Å². The maximum absolute atomic E-state index is 6.42. The Morgan fingerprint density at radius 3 is 2.58 bits per heavy atom. The standard InChI is InChI=1S/C17H14Cl3N3O/c1-11(8-23-10-21-9-22-23)14-4-3-13(7-15(14)19)24-17-5-2-12(18)6-16(17)20/h2-7,9-11H,8H2,1H3. The lowest BCUT2D eigenvalue weighted by Crippen LogP contribution is -2.07. The lowest BCUT2D eigenvalue weighted by Gasteiger charge is -2.15. The van der Waals surface area contributed by atoms with E-state index in [4.69, 9.17) is 39.5 Å². The molecule has 0 fully saturated rings. The van der Waals surface area contributed by atoms with E-state index >= 15 is 0 Å². The van der Waals surface area contributed by atoms with Gasteiger partial charge in [0.2, 0.25) is 0 Å². The van der Waals surface area contributed by atoms with Gasteiger partial charge in [-0.05, 0) is 35.9 Å². The summed E-state index contributed by atoms with van der Waals surface area (Å²) in [5.74, 6) is 1.33. The number of hydrogen-bond acceptors (Lipinski definition) is 3. The van der Waals surface area contributed by atoms with Crippen molar-refractivity contribution in [3.05, 3.63) is 69.7 Å². The van der Waals surface area contributed by atoms with Crippen LogP contribution in [0.2, 0.25) is 15.1 Å². The van der Waals surface area contributed by atoms with E-state index in [0.29, 0.717) is 33.1 Å². The quantitative estimate of drug-likeness (QED) is 0.557. The molecule has 2 aromatic carbocycles. The molecule has 0 N–H and O–H groups in total. The number of nitrogens with zero attached hydrogens (tertiary/aromatic N) is 3. The summed E-state index contributed by atoms with van der Waals surface area (Å²) < 4.78 is 7.56. The zero-order chi connectivity index (χ0) is 17.1. The summed E-state index contributed by atoms with van der Waals surface area (Å²) in [6.07, 6.45) is 3.20. The highest BCUT2D eigenvalue weighted by atomic mass is 35.5. The van der Waals surface area contributed by atoms with Gasteiger partial charge in [-0.3, -0.25) is 4.68 Å². The van der Waals surface area contributed by atoms with Crippen LogP contribution in [0.15, 0.2) is 49.1 Å². The lowest BCUT2D eigenvalue weighted by molar-refractivity contribution is 0.482. The van der Waals surface area contributed by atoms with Gasteiger partial charge < -0.3 is 4.74 Å². The van der Waals surface area contributed by atoms with Crippen LogP contribution in [0, 0.1) is 0 Å². The van der Waals surface area contributed by atoms with E-state index in [9.17, 15) is 0 Å². The van der Waals surface area contributed by atoms with E-state index in [2.05, 4.69) is 17.0 Å². The highest BCUT2D eigenvalue weighted by molar-refractivity contribution is 6.35. The number of halogens is 3. The molecule has 124 valence electrons. The topological polar surface area (TPSA) is 39.9 Å². The fourth-order valence-electron chi connectivity index (χ4n) is 2.36. The zero-order valence-electron chi connectivity index (χ0n) is 12.8. The second kappa shape index (κ2) is 7.43. The molecule has 7 heteroatoms. The van der Waals surface area contributed by atoms with E-state index in [1.165, 1.54) is 6.33 Å². The van der Waals surface area contributed by atoms with Crippen molar-refractivity contribution >= 4 is 34.8 Å². The van der Waals surface area contributed by atoms with Crippen molar-refractivity contribution in [3.63, 3.8) is 0 Å². The Morgan fingerprint density at radius 2 is 1.92 bits per heavy atom. The second-order valence-electron chi connectivity index (χ2n) is 5.38. The first kappa shape index (κ1) is 17.1. The van der Waals surface area contributed by atoms with Gasteiger partial charge in [-0.2, -0.15) is 5.10 Å². The minimum absolute atomic E-state index is 0.187. The monoisotopic (exact) mass is 381 g/mol. The fraction of sp³-hybridized carbons (Fsp3) is 0.176. The van der Waals surface area contributed by atoms with E-state index in [1.54, 1.807) is 35.3 Å². The molecular formula is C17H14Cl3N3O. The Morgan fingerprint density at radius 1 is 1.08 bits per heavy atom. The van der Waals surface area contributed by atoms with Crippen molar-refractivity contribution in [2.24, 2.45) is 0 Å². The number of aromatic nitrogens is 3. The van der Waals surface area contributed by atoms with Crippen molar-refractivity contribution in [1.82, 2.24) is 14.8 Å². The van der Waals surface area contributed by atoms with Gasteiger partial charge in [-0.15, -0.1) is 0 Å². The molecule has 0 amide bonds. The van der Waals surface area contributed by atoms with Crippen molar-refractivity contribution in [2.75, 3.05) is 0 Å².